The highest BCUT2D eigenvalue weighted by Gasteiger charge is 2.27. The number of benzene rings is 1. The molecule has 0 spiro atoms. The summed E-state index contributed by atoms with van der Waals surface area (Å²) in [5, 5.41) is 6.27. The third-order valence-electron chi connectivity index (χ3n) is 5.47. The Morgan fingerprint density at radius 2 is 1.92 bits per heavy atom. The van der Waals surface area contributed by atoms with E-state index < -0.39 is 18.0 Å². The summed E-state index contributed by atoms with van der Waals surface area (Å²) >= 11 is 7.42. The zero-order chi connectivity index (χ0) is 26.5. The number of nitrogens with one attached hydrogen (secondary N) is 2. The van der Waals surface area contributed by atoms with E-state index in [9.17, 15) is 14.4 Å². The van der Waals surface area contributed by atoms with Crippen LogP contribution in [0.5, 0.6) is 5.75 Å². The summed E-state index contributed by atoms with van der Waals surface area (Å²) in [7, 11) is 0. The van der Waals surface area contributed by atoms with Gasteiger partial charge in [-0.3, -0.25) is 14.4 Å². The van der Waals surface area contributed by atoms with Crippen LogP contribution >= 0.6 is 23.4 Å². The summed E-state index contributed by atoms with van der Waals surface area (Å²) in [6, 6.07) is 7.47. The van der Waals surface area contributed by atoms with Crippen LogP contribution in [0, 0.1) is 12.8 Å². The summed E-state index contributed by atoms with van der Waals surface area (Å²) in [4.78, 5) is 38.7. The van der Waals surface area contributed by atoms with E-state index in [0.29, 0.717) is 29.4 Å². The number of hydrogen-bond donors (Lipinski definition) is 2. The molecule has 2 N–H and O–H groups in total. The van der Waals surface area contributed by atoms with Crippen molar-refractivity contribution in [1.82, 2.24) is 10.6 Å². The minimum Gasteiger partial charge on any atom is -0.484 e. The second-order valence-corrected chi connectivity index (χ2v) is 10.6. The lowest BCUT2D eigenvalue weighted by molar-refractivity contribution is -0.132. The maximum Gasteiger partial charge on any atom is 0.258 e. The first-order valence-electron chi connectivity index (χ1n) is 12.3. The van der Waals surface area contributed by atoms with Crippen LogP contribution in [0.25, 0.3) is 0 Å². The number of carbonyl (C=O) groups is 3. The predicted molar refractivity (Wildman–Crippen MR) is 144 cm³/mol. The van der Waals surface area contributed by atoms with Gasteiger partial charge < -0.3 is 19.8 Å². The number of ether oxygens (including phenoxy) is 1. The third-order valence-corrected chi connectivity index (χ3v) is 6.69. The van der Waals surface area contributed by atoms with Crippen molar-refractivity contribution in [3.8, 4) is 5.75 Å². The van der Waals surface area contributed by atoms with Gasteiger partial charge in [0.2, 0.25) is 5.91 Å². The van der Waals surface area contributed by atoms with Crippen LogP contribution in [0.1, 0.15) is 57.8 Å². The number of furan rings is 1. The van der Waals surface area contributed by atoms with E-state index in [1.54, 1.807) is 24.5 Å². The molecule has 0 aliphatic rings. The van der Waals surface area contributed by atoms with Gasteiger partial charge in [-0.05, 0) is 61.6 Å². The zero-order valence-corrected chi connectivity index (χ0v) is 23.0. The molecule has 0 saturated carbocycles. The zero-order valence-electron chi connectivity index (χ0n) is 21.5. The first kappa shape index (κ1) is 29.8. The number of halogens is 1. The van der Waals surface area contributed by atoms with Crippen LogP contribution in [0.2, 0.25) is 5.02 Å². The van der Waals surface area contributed by atoms with Crippen molar-refractivity contribution in [2.45, 2.75) is 71.2 Å². The third kappa shape index (κ3) is 10.7. The van der Waals surface area contributed by atoms with Crippen molar-refractivity contribution in [2.24, 2.45) is 5.92 Å². The lowest BCUT2D eigenvalue weighted by atomic mass is 10.0. The van der Waals surface area contributed by atoms with Gasteiger partial charge in [-0.15, -0.1) is 11.8 Å². The molecule has 0 bridgehead atoms. The van der Waals surface area contributed by atoms with Crippen LogP contribution in [-0.2, 0) is 20.1 Å². The van der Waals surface area contributed by atoms with Gasteiger partial charge >= 0.3 is 0 Å². The van der Waals surface area contributed by atoms with Crippen molar-refractivity contribution in [1.29, 1.82) is 0 Å². The quantitative estimate of drug-likeness (QED) is 0.301. The molecule has 0 aliphatic carbocycles. The molecule has 1 aromatic carbocycles. The largest absolute Gasteiger partial charge is 0.484 e. The fourth-order valence-corrected chi connectivity index (χ4v) is 4.70. The highest BCUT2D eigenvalue weighted by Crippen LogP contribution is 2.21. The molecule has 36 heavy (non-hydrogen) atoms. The van der Waals surface area contributed by atoms with E-state index in [4.69, 9.17) is 20.8 Å². The van der Waals surface area contributed by atoms with Gasteiger partial charge in [0.1, 0.15) is 17.6 Å². The van der Waals surface area contributed by atoms with E-state index >= 15 is 0 Å². The fourth-order valence-electron chi connectivity index (χ4n) is 3.60. The van der Waals surface area contributed by atoms with E-state index in [1.165, 1.54) is 11.8 Å². The number of rotatable bonds is 16. The summed E-state index contributed by atoms with van der Waals surface area (Å²) in [5.41, 5.74) is 0.814. The van der Waals surface area contributed by atoms with Crippen molar-refractivity contribution < 1.29 is 23.5 Å². The molecule has 198 valence electrons. The average Bonchev–Trinajstić information content (AvgIpc) is 3.33. The van der Waals surface area contributed by atoms with Crippen molar-refractivity contribution in [2.75, 3.05) is 12.4 Å². The van der Waals surface area contributed by atoms with Crippen molar-refractivity contribution >= 4 is 41.0 Å². The summed E-state index contributed by atoms with van der Waals surface area (Å²) in [5.74, 6) is 1.57. The Balaban J connectivity index is 1.96. The van der Waals surface area contributed by atoms with Gasteiger partial charge in [-0.2, -0.15) is 0 Å². The monoisotopic (exact) mass is 536 g/mol. The number of thioether (sulfide) groups is 1. The Morgan fingerprint density at radius 3 is 2.56 bits per heavy atom. The second-order valence-electron chi connectivity index (χ2n) is 9.19. The minimum atomic E-state index is -0.764. The molecule has 7 nitrogen and oxygen atoms in total. The highest BCUT2D eigenvalue weighted by atomic mass is 35.5. The Bertz CT molecular complexity index is 981. The number of Topliss-reactive ketones (excluding diaryl/α,β-unsaturated/α-hetero) is 1. The number of unbranched alkanes of at least 4 members (excludes halogenated alkanes) is 1. The molecule has 9 heteroatoms. The van der Waals surface area contributed by atoms with E-state index in [-0.39, 0.29) is 30.0 Å². The number of ketones is 1. The smallest absolute Gasteiger partial charge is 0.258 e. The van der Waals surface area contributed by atoms with Crippen LogP contribution in [0.4, 0.5) is 0 Å². The maximum atomic E-state index is 13.2. The van der Waals surface area contributed by atoms with Gasteiger partial charge in [0.25, 0.3) is 5.91 Å². The lowest BCUT2D eigenvalue weighted by Gasteiger charge is -2.24. The average molecular weight is 537 g/mol. The highest BCUT2D eigenvalue weighted by molar-refractivity contribution is 7.99. The van der Waals surface area contributed by atoms with Crippen LogP contribution < -0.4 is 15.4 Å². The van der Waals surface area contributed by atoms with Gasteiger partial charge in [-0.25, -0.2) is 0 Å². The second kappa shape index (κ2) is 15.6. The maximum absolute atomic E-state index is 13.2. The van der Waals surface area contributed by atoms with Crippen LogP contribution in [0.3, 0.4) is 0 Å². The van der Waals surface area contributed by atoms with Gasteiger partial charge in [-0.1, -0.05) is 45.2 Å². The molecule has 2 aromatic rings. The normalized spacial score (nSPS) is 12.7. The van der Waals surface area contributed by atoms with E-state index in [1.807, 2.05) is 39.8 Å². The van der Waals surface area contributed by atoms with E-state index in [2.05, 4.69) is 10.6 Å². The molecule has 0 fully saturated rings. The first-order chi connectivity index (χ1) is 17.2. The molecular weight excluding hydrogens is 500 g/mol. The molecule has 2 atom stereocenters. The molecule has 0 aliphatic heterocycles. The van der Waals surface area contributed by atoms with Gasteiger partial charge in [0.15, 0.2) is 12.4 Å². The summed E-state index contributed by atoms with van der Waals surface area (Å²) < 4.78 is 10.9. The molecule has 2 amide bonds. The number of hydrogen-bond acceptors (Lipinski definition) is 6. The summed E-state index contributed by atoms with van der Waals surface area (Å²) in [6.45, 7) is 7.61. The van der Waals surface area contributed by atoms with Crippen molar-refractivity contribution in [3.05, 3.63) is 52.9 Å². The van der Waals surface area contributed by atoms with Crippen LogP contribution in [-0.4, -0.2) is 42.0 Å². The molecule has 0 saturated heterocycles. The minimum absolute atomic E-state index is 0.0375. The first-order valence-corrected chi connectivity index (χ1v) is 13.8. The Hall–Kier alpha value is -2.45. The molecule has 0 unspecified atom stereocenters. The standard InChI is InChI=1S/C27H37ClN2O5S/c1-5-6-9-22(24(31)17-36-16-21-8-7-12-34-21)30-27(33)23(13-18(2)3)29-26(32)15-35-25-11-10-20(28)14-19(25)4/h7-8,10-12,14,18,22-23H,5-6,9,13,15-17H2,1-4H3,(H,29,32)(H,30,33)/t22-,23-/m0/s1. The van der Waals surface area contributed by atoms with Crippen molar-refractivity contribution in [3.63, 3.8) is 0 Å². The number of carbonyl (C=O) groups excluding carboxylic acids is 3. The fraction of sp³-hybridized carbons (Fsp3) is 0.519. The molecule has 1 aromatic heterocycles. The topological polar surface area (TPSA) is 97.6 Å². The Morgan fingerprint density at radius 1 is 1.14 bits per heavy atom. The molecule has 1 heterocycles. The lowest BCUT2D eigenvalue weighted by Crippen LogP contribution is -2.53. The molecular formula is C27H37ClN2O5S. The van der Waals surface area contributed by atoms with Crippen LogP contribution in [0.15, 0.2) is 41.0 Å². The van der Waals surface area contributed by atoms with Gasteiger partial charge in [0, 0.05) is 5.02 Å². The number of aryl methyl sites for hydroxylation is 1. The van der Waals surface area contributed by atoms with E-state index in [0.717, 1.165) is 24.2 Å². The predicted octanol–water partition coefficient (Wildman–Crippen LogP) is 5.33. The Kier molecular flexibility index (Phi) is 12.9. The SMILES string of the molecule is CCCC[C@H](NC(=O)[C@H](CC(C)C)NC(=O)COc1ccc(Cl)cc1C)C(=O)CSCc1ccco1. The number of amides is 2. The molecule has 2 rings (SSSR count). The summed E-state index contributed by atoms with van der Waals surface area (Å²) in [6.07, 6.45) is 4.33. The van der Waals surface area contributed by atoms with Gasteiger partial charge in [0.05, 0.1) is 23.8 Å². The Labute approximate surface area is 223 Å². The molecule has 0 radical (unpaired) electrons.